The first kappa shape index (κ1) is 17.9. The van der Waals surface area contributed by atoms with Crippen LogP contribution in [0.5, 0.6) is 0 Å². The van der Waals surface area contributed by atoms with Gasteiger partial charge in [-0.2, -0.15) is 0 Å². The molecule has 2 heteroatoms. The van der Waals surface area contributed by atoms with Crippen molar-refractivity contribution in [1.82, 2.24) is 4.90 Å². The Morgan fingerprint density at radius 3 is 1.95 bits per heavy atom. The molecule has 0 spiro atoms. The summed E-state index contributed by atoms with van der Waals surface area (Å²) in [5, 5.41) is 0. The third kappa shape index (κ3) is 5.62. The van der Waals surface area contributed by atoms with Crippen molar-refractivity contribution in [1.29, 1.82) is 0 Å². The highest BCUT2D eigenvalue weighted by Gasteiger charge is 2.14. The van der Waals surface area contributed by atoms with Gasteiger partial charge in [-0.1, -0.05) is 32.8 Å². The van der Waals surface area contributed by atoms with E-state index in [0.717, 1.165) is 24.2 Å². The molecule has 0 radical (unpaired) electrons. The Bertz CT molecular complexity index is 457. The third-order valence-corrected chi connectivity index (χ3v) is 4.16. The van der Waals surface area contributed by atoms with E-state index in [0.29, 0.717) is 6.54 Å². The van der Waals surface area contributed by atoms with Crippen molar-refractivity contribution in [3.63, 3.8) is 0 Å². The van der Waals surface area contributed by atoms with E-state index < -0.39 is 0 Å². The molecule has 0 atom stereocenters. The van der Waals surface area contributed by atoms with Crippen LogP contribution in [-0.2, 0) is 0 Å². The largest absolute Gasteiger partial charge is 0.296 e. The van der Waals surface area contributed by atoms with E-state index in [1.54, 1.807) is 0 Å². The van der Waals surface area contributed by atoms with Crippen LogP contribution in [0.4, 0.5) is 0 Å². The van der Waals surface area contributed by atoms with E-state index in [9.17, 15) is 4.79 Å². The predicted molar refractivity (Wildman–Crippen MR) is 91.2 cm³/mol. The summed E-state index contributed by atoms with van der Waals surface area (Å²) in [6, 6.07) is 4.19. The lowest BCUT2D eigenvalue weighted by atomic mass is 9.98. The van der Waals surface area contributed by atoms with Gasteiger partial charge < -0.3 is 0 Å². The highest BCUT2D eigenvalue weighted by atomic mass is 16.1. The van der Waals surface area contributed by atoms with E-state index in [1.165, 1.54) is 36.8 Å². The third-order valence-electron chi connectivity index (χ3n) is 4.16. The molecule has 118 valence electrons. The summed E-state index contributed by atoms with van der Waals surface area (Å²) in [6.45, 7) is 13.3. The van der Waals surface area contributed by atoms with E-state index in [1.807, 2.05) is 6.92 Å². The van der Waals surface area contributed by atoms with Crippen molar-refractivity contribution in [3.8, 4) is 0 Å². The second-order valence-electron chi connectivity index (χ2n) is 6.16. The number of carbonyl (C=O) groups is 1. The topological polar surface area (TPSA) is 20.3 Å². The summed E-state index contributed by atoms with van der Waals surface area (Å²) < 4.78 is 0. The molecule has 2 nitrogen and oxygen atoms in total. The van der Waals surface area contributed by atoms with Crippen LogP contribution in [0.15, 0.2) is 12.1 Å². The zero-order valence-corrected chi connectivity index (χ0v) is 14.5. The van der Waals surface area contributed by atoms with Gasteiger partial charge in [-0.3, -0.25) is 9.69 Å². The van der Waals surface area contributed by atoms with Crippen LogP contribution >= 0.6 is 0 Å². The SMILES string of the molecule is CCCCN(CCCC)CC(=O)c1cc(C)c(C)cc1C. The maximum absolute atomic E-state index is 12.6. The Labute approximate surface area is 130 Å². The average molecular weight is 289 g/mol. The summed E-state index contributed by atoms with van der Waals surface area (Å²) in [4.78, 5) is 14.9. The fraction of sp³-hybridized carbons (Fsp3) is 0.632. The summed E-state index contributed by atoms with van der Waals surface area (Å²) >= 11 is 0. The van der Waals surface area contributed by atoms with Crippen LogP contribution in [0.2, 0.25) is 0 Å². The van der Waals surface area contributed by atoms with Gasteiger partial charge in [0.15, 0.2) is 5.78 Å². The Hall–Kier alpha value is -1.15. The Morgan fingerprint density at radius 1 is 0.905 bits per heavy atom. The minimum Gasteiger partial charge on any atom is -0.296 e. The van der Waals surface area contributed by atoms with Gasteiger partial charge in [0.2, 0.25) is 0 Å². The first-order chi connectivity index (χ1) is 9.99. The van der Waals surface area contributed by atoms with E-state index in [-0.39, 0.29) is 5.78 Å². The molecule has 0 unspecified atom stereocenters. The molecule has 0 aliphatic heterocycles. The Balaban J connectivity index is 2.78. The van der Waals surface area contributed by atoms with Gasteiger partial charge in [0.25, 0.3) is 0 Å². The Morgan fingerprint density at radius 2 is 1.43 bits per heavy atom. The second kappa shape index (κ2) is 8.99. The standard InChI is InChI=1S/C19H31NO/c1-6-8-10-20(11-9-7-2)14-19(21)18-13-16(4)15(3)12-17(18)5/h12-13H,6-11,14H2,1-5H3. The summed E-state index contributed by atoms with van der Waals surface area (Å²) in [5.41, 5.74) is 4.47. The molecule has 0 bridgehead atoms. The zero-order chi connectivity index (χ0) is 15.8. The van der Waals surface area contributed by atoms with Crippen molar-refractivity contribution in [2.45, 2.75) is 60.3 Å². The summed E-state index contributed by atoms with van der Waals surface area (Å²) in [6.07, 6.45) is 4.70. The van der Waals surface area contributed by atoms with Crippen molar-refractivity contribution in [2.75, 3.05) is 19.6 Å². The lowest BCUT2D eigenvalue weighted by Crippen LogP contribution is -2.32. The minimum absolute atomic E-state index is 0.266. The molecule has 0 N–H and O–H groups in total. The average Bonchev–Trinajstić information content (AvgIpc) is 2.45. The molecular formula is C19H31NO. The lowest BCUT2D eigenvalue weighted by Gasteiger charge is -2.21. The quantitative estimate of drug-likeness (QED) is 0.614. The number of benzene rings is 1. The molecule has 21 heavy (non-hydrogen) atoms. The van der Waals surface area contributed by atoms with Gasteiger partial charge in [0.05, 0.1) is 6.54 Å². The number of unbranched alkanes of at least 4 members (excludes halogenated alkanes) is 2. The molecule has 0 heterocycles. The number of aryl methyl sites for hydroxylation is 3. The number of hydrogen-bond acceptors (Lipinski definition) is 2. The van der Waals surface area contributed by atoms with Gasteiger partial charge in [-0.25, -0.2) is 0 Å². The number of Topliss-reactive ketones (excluding diaryl/α,β-unsaturated/α-hetero) is 1. The van der Waals surface area contributed by atoms with Crippen molar-refractivity contribution >= 4 is 5.78 Å². The molecule has 0 saturated heterocycles. The van der Waals surface area contributed by atoms with Crippen LogP contribution in [-0.4, -0.2) is 30.3 Å². The van der Waals surface area contributed by atoms with E-state index in [2.05, 4.69) is 44.7 Å². The predicted octanol–water partition coefficient (Wildman–Crippen LogP) is 4.70. The van der Waals surface area contributed by atoms with E-state index >= 15 is 0 Å². The van der Waals surface area contributed by atoms with Crippen LogP contribution in [0.3, 0.4) is 0 Å². The molecule has 1 aromatic carbocycles. The first-order valence-corrected chi connectivity index (χ1v) is 8.33. The van der Waals surface area contributed by atoms with Gasteiger partial charge in [0.1, 0.15) is 0 Å². The maximum Gasteiger partial charge on any atom is 0.177 e. The van der Waals surface area contributed by atoms with Crippen LogP contribution in [0, 0.1) is 20.8 Å². The van der Waals surface area contributed by atoms with Gasteiger partial charge >= 0.3 is 0 Å². The van der Waals surface area contributed by atoms with Crippen molar-refractivity contribution in [2.24, 2.45) is 0 Å². The van der Waals surface area contributed by atoms with Gasteiger partial charge in [0, 0.05) is 5.56 Å². The fourth-order valence-corrected chi connectivity index (χ4v) is 2.58. The van der Waals surface area contributed by atoms with E-state index in [4.69, 9.17) is 0 Å². The number of rotatable bonds is 9. The highest BCUT2D eigenvalue weighted by molar-refractivity contribution is 5.99. The molecule has 0 saturated carbocycles. The maximum atomic E-state index is 12.6. The van der Waals surface area contributed by atoms with Crippen LogP contribution in [0.1, 0.15) is 66.6 Å². The molecule has 0 aliphatic carbocycles. The summed E-state index contributed by atoms with van der Waals surface area (Å²) in [7, 11) is 0. The normalized spacial score (nSPS) is 11.1. The number of carbonyl (C=O) groups excluding carboxylic acids is 1. The minimum atomic E-state index is 0.266. The molecule has 1 rings (SSSR count). The fourth-order valence-electron chi connectivity index (χ4n) is 2.58. The second-order valence-corrected chi connectivity index (χ2v) is 6.16. The van der Waals surface area contributed by atoms with Crippen LogP contribution < -0.4 is 0 Å². The smallest absolute Gasteiger partial charge is 0.177 e. The highest BCUT2D eigenvalue weighted by Crippen LogP contribution is 2.16. The molecule has 0 amide bonds. The molecule has 0 aliphatic rings. The first-order valence-electron chi connectivity index (χ1n) is 8.33. The zero-order valence-electron chi connectivity index (χ0n) is 14.5. The Kier molecular flexibility index (Phi) is 7.66. The van der Waals surface area contributed by atoms with Crippen molar-refractivity contribution < 1.29 is 4.79 Å². The monoisotopic (exact) mass is 289 g/mol. The molecule has 0 aromatic heterocycles. The van der Waals surface area contributed by atoms with Crippen LogP contribution in [0.25, 0.3) is 0 Å². The van der Waals surface area contributed by atoms with Gasteiger partial charge in [-0.05, 0) is 69.5 Å². The lowest BCUT2D eigenvalue weighted by molar-refractivity contribution is 0.0927. The van der Waals surface area contributed by atoms with Crippen molar-refractivity contribution in [3.05, 3.63) is 34.4 Å². The molecule has 0 fully saturated rings. The molecule has 1 aromatic rings. The molecular weight excluding hydrogens is 258 g/mol. The number of ketones is 1. The number of hydrogen-bond donors (Lipinski definition) is 0. The summed E-state index contributed by atoms with van der Waals surface area (Å²) in [5.74, 6) is 0.266. The number of nitrogens with zero attached hydrogens (tertiary/aromatic N) is 1. The van der Waals surface area contributed by atoms with Gasteiger partial charge in [-0.15, -0.1) is 0 Å².